The summed E-state index contributed by atoms with van der Waals surface area (Å²) in [4.78, 5) is 16.3. The number of rotatable bonds is 3. The van der Waals surface area contributed by atoms with Gasteiger partial charge in [0.05, 0.1) is 0 Å². The molecule has 0 aromatic carbocycles. The molecule has 3 aromatic heterocycles. The molecule has 1 amide bonds. The highest BCUT2D eigenvalue weighted by Crippen LogP contribution is 2.38. The van der Waals surface area contributed by atoms with E-state index in [-0.39, 0.29) is 11.9 Å². The van der Waals surface area contributed by atoms with E-state index < -0.39 is 0 Å². The molecule has 0 spiro atoms. The standard InChI is InChI=1S/C11H10N8O/c20-10(7-3-4-19-8(5-7)14-17-18-19)13-11-12-9(15-16-11)6-1-2-6/h3-6H,1-2H2,(H2,12,13,15,16,20). The van der Waals surface area contributed by atoms with Crippen molar-refractivity contribution in [2.45, 2.75) is 18.8 Å². The minimum absolute atomic E-state index is 0.288. The average Bonchev–Trinajstić information content (AvgIpc) is 3.02. The average molecular weight is 270 g/mol. The van der Waals surface area contributed by atoms with Crippen molar-refractivity contribution in [1.82, 2.24) is 35.2 Å². The van der Waals surface area contributed by atoms with E-state index in [0.29, 0.717) is 17.1 Å². The molecule has 3 aromatic rings. The second-order valence-electron chi connectivity index (χ2n) is 4.67. The third-order valence-electron chi connectivity index (χ3n) is 3.15. The summed E-state index contributed by atoms with van der Waals surface area (Å²) in [5, 5.41) is 20.5. The van der Waals surface area contributed by atoms with Crippen LogP contribution in [0.5, 0.6) is 0 Å². The van der Waals surface area contributed by atoms with Gasteiger partial charge in [-0.25, -0.2) is 4.52 Å². The first kappa shape index (κ1) is 11.0. The zero-order valence-corrected chi connectivity index (χ0v) is 10.3. The molecule has 3 heterocycles. The van der Waals surface area contributed by atoms with Crippen LogP contribution in [0.15, 0.2) is 18.3 Å². The second kappa shape index (κ2) is 4.08. The number of carbonyl (C=O) groups is 1. The van der Waals surface area contributed by atoms with Crippen molar-refractivity contribution in [2.75, 3.05) is 5.32 Å². The fourth-order valence-corrected chi connectivity index (χ4v) is 1.92. The van der Waals surface area contributed by atoms with Crippen LogP contribution in [-0.4, -0.2) is 41.1 Å². The van der Waals surface area contributed by atoms with Gasteiger partial charge in [0, 0.05) is 17.7 Å². The third kappa shape index (κ3) is 1.88. The Labute approximate surface area is 112 Å². The number of hydrogen-bond donors (Lipinski definition) is 2. The van der Waals surface area contributed by atoms with Gasteiger partial charge in [-0.05, 0) is 35.4 Å². The topological polar surface area (TPSA) is 114 Å². The lowest BCUT2D eigenvalue weighted by Crippen LogP contribution is -2.13. The lowest BCUT2D eigenvalue weighted by Gasteiger charge is -2.00. The summed E-state index contributed by atoms with van der Waals surface area (Å²) in [6.07, 6.45) is 3.87. The Morgan fingerprint density at radius 2 is 2.35 bits per heavy atom. The second-order valence-corrected chi connectivity index (χ2v) is 4.67. The van der Waals surface area contributed by atoms with Crippen molar-refractivity contribution >= 4 is 17.5 Å². The highest BCUT2D eigenvalue weighted by Gasteiger charge is 2.27. The van der Waals surface area contributed by atoms with Crippen LogP contribution in [0, 0.1) is 0 Å². The molecule has 0 saturated heterocycles. The number of fused-ring (bicyclic) bond motifs is 1. The lowest BCUT2D eigenvalue weighted by atomic mass is 10.2. The van der Waals surface area contributed by atoms with Crippen molar-refractivity contribution in [3.05, 3.63) is 29.7 Å². The molecule has 1 aliphatic carbocycles. The van der Waals surface area contributed by atoms with Gasteiger partial charge in [0.15, 0.2) is 5.65 Å². The molecule has 0 radical (unpaired) electrons. The monoisotopic (exact) mass is 270 g/mol. The molecule has 9 nitrogen and oxygen atoms in total. The van der Waals surface area contributed by atoms with Crippen LogP contribution in [0.25, 0.3) is 5.65 Å². The number of tetrazole rings is 1. The molecule has 4 rings (SSSR count). The van der Waals surface area contributed by atoms with Gasteiger partial charge in [-0.3, -0.25) is 15.2 Å². The Hall–Kier alpha value is -2.84. The van der Waals surface area contributed by atoms with Gasteiger partial charge in [-0.2, -0.15) is 4.98 Å². The number of H-pyrrole nitrogens is 1. The number of nitrogens with zero attached hydrogens (tertiary/aromatic N) is 6. The Kier molecular flexibility index (Phi) is 2.25. The molecule has 20 heavy (non-hydrogen) atoms. The number of aromatic nitrogens is 7. The summed E-state index contributed by atoms with van der Waals surface area (Å²) in [5.41, 5.74) is 0.955. The number of amides is 1. The van der Waals surface area contributed by atoms with Crippen LogP contribution in [0.4, 0.5) is 5.95 Å². The first-order valence-electron chi connectivity index (χ1n) is 6.21. The summed E-state index contributed by atoms with van der Waals surface area (Å²) in [5.74, 6) is 1.29. The zero-order valence-electron chi connectivity index (χ0n) is 10.3. The molecule has 0 atom stereocenters. The van der Waals surface area contributed by atoms with Crippen molar-refractivity contribution in [3.63, 3.8) is 0 Å². The van der Waals surface area contributed by atoms with Crippen LogP contribution < -0.4 is 5.32 Å². The van der Waals surface area contributed by atoms with Crippen LogP contribution in [0.3, 0.4) is 0 Å². The Bertz CT molecular complexity index is 786. The molecule has 100 valence electrons. The van der Waals surface area contributed by atoms with Crippen molar-refractivity contribution < 1.29 is 4.79 Å². The smallest absolute Gasteiger partial charge is 0.258 e. The maximum absolute atomic E-state index is 12.1. The maximum Gasteiger partial charge on any atom is 0.258 e. The van der Waals surface area contributed by atoms with Gasteiger partial charge < -0.3 is 0 Å². The van der Waals surface area contributed by atoms with Crippen LogP contribution in [0.1, 0.15) is 34.9 Å². The SMILES string of the molecule is O=C(Nc1n[nH]c(C2CC2)n1)c1ccn2nnnc2c1. The highest BCUT2D eigenvalue weighted by molar-refractivity contribution is 6.03. The summed E-state index contributed by atoms with van der Waals surface area (Å²) in [6.45, 7) is 0. The lowest BCUT2D eigenvalue weighted by molar-refractivity contribution is 0.102. The molecule has 1 aliphatic rings. The number of anilines is 1. The molecule has 1 saturated carbocycles. The molecule has 0 aliphatic heterocycles. The molecule has 9 heteroatoms. The number of hydrogen-bond acceptors (Lipinski definition) is 6. The van der Waals surface area contributed by atoms with E-state index >= 15 is 0 Å². The molecule has 0 unspecified atom stereocenters. The highest BCUT2D eigenvalue weighted by atomic mass is 16.1. The van der Waals surface area contributed by atoms with Gasteiger partial charge in [-0.1, -0.05) is 0 Å². The predicted octanol–water partition coefficient (Wildman–Crippen LogP) is 0.372. The van der Waals surface area contributed by atoms with Crippen molar-refractivity contribution in [3.8, 4) is 0 Å². The Morgan fingerprint density at radius 3 is 3.20 bits per heavy atom. The zero-order chi connectivity index (χ0) is 13.5. The van der Waals surface area contributed by atoms with Gasteiger partial charge in [0.25, 0.3) is 5.91 Å². The van der Waals surface area contributed by atoms with Gasteiger partial charge in [-0.15, -0.1) is 10.2 Å². The molecular weight excluding hydrogens is 260 g/mol. The summed E-state index contributed by atoms with van der Waals surface area (Å²) in [6, 6.07) is 3.23. The predicted molar refractivity (Wildman–Crippen MR) is 67.1 cm³/mol. The maximum atomic E-state index is 12.1. The Balaban J connectivity index is 1.55. The fourth-order valence-electron chi connectivity index (χ4n) is 1.92. The van der Waals surface area contributed by atoms with Gasteiger partial charge >= 0.3 is 0 Å². The summed E-state index contributed by atoms with van der Waals surface area (Å²) in [7, 11) is 0. The minimum Gasteiger partial charge on any atom is -0.289 e. The number of pyridine rings is 1. The normalized spacial score (nSPS) is 14.6. The van der Waals surface area contributed by atoms with Crippen LogP contribution >= 0.6 is 0 Å². The van der Waals surface area contributed by atoms with E-state index in [1.807, 2.05) is 0 Å². The molecule has 1 fully saturated rings. The van der Waals surface area contributed by atoms with E-state index in [0.717, 1.165) is 18.7 Å². The van der Waals surface area contributed by atoms with Crippen molar-refractivity contribution in [1.29, 1.82) is 0 Å². The summed E-state index contributed by atoms with van der Waals surface area (Å²) >= 11 is 0. The Morgan fingerprint density at radius 1 is 1.45 bits per heavy atom. The number of nitrogens with one attached hydrogen (secondary N) is 2. The van der Waals surface area contributed by atoms with Crippen LogP contribution in [-0.2, 0) is 0 Å². The van der Waals surface area contributed by atoms with Gasteiger partial charge in [0.1, 0.15) is 5.82 Å². The summed E-state index contributed by atoms with van der Waals surface area (Å²) < 4.78 is 1.48. The van der Waals surface area contributed by atoms with Crippen molar-refractivity contribution in [2.24, 2.45) is 0 Å². The number of aromatic amines is 1. The minimum atomic E-state index is -0.295. The van der Waals surface area contributed by atoms with E-state index in [1.165, 1.54) is 4.52 Å². The number of carbonyl (C=O) groups excluding carboxylic acids is 1. The van der Waals surface area contributed by atoms with E-state index in [9.17, 15) is 4.79 Å². The molecule has 0 bridgehead atoms. The van der Waals surface area contributed by atoms with E-state index in [2.05, 4.69) is 36.0 Å². The van der Waals surface area contributed by atoms with E-state index in [4.69, 9.17) is 0 Å². The molecule has 2 N–H and O–H groups in total. The van der Waals surface area contributed by atoms with Gasteiger partial charge in [0.2, 0.25) is 5.95 Å². The quantitative estimate of drug-likeness (QED) is 0.710. The molecular formula is C11H10N8O. The fraction of sp³-hybridized carbons (Fsp3) is 0.273. The van der Waals surface area contributed by atoms with Crippen LogP contribution in [0.2, 0.25) is 0 Å². The largest absolute Gasteiger partial charge is 0.289 e. The third-order valence-corrected chi connectivity index (χ3v) is 3.15. The first-order chi connectivity index (χ1) is 9.79. The van der Waals surface area contributed by atoms with E-state index in [1.54, 1.807) is 18.3 Å². The first-order valence-corrected chi connectivity index (χ1v) is 6.21.